The largest absolute Gasteiger partial charge is 0.392 e. The van der Waals surface area contributed by atoms with E-state index in [2.05, 4.69) is 18.0 Å². The van der Waals surface area contributed by atoms with Crippen molar-refractivity contribution in [2.45, 2.75) is 29.9 Å². The van der Waals surface area contributed by atoms with Gasteiger partial charge >= 0.3 is 0 Å². The number of fused-ring (bicyclic) bond motifs is 1. The zero-order chi connectivity index (χ0) is 13.9. The highest BCUT2D eigenvalue weighted by Gasteiger charge is 2.29. The number of rotatable bonds is 3. The number of nitrogens with zero attached hydrogens (tertiary/aromatic N) is 1. The minimum atomic E-state index is -0.284. The molecule has 1 aliphatic rings. The van der Waals surface area contributed by atoms with Gasteiger partial charge in [0.15, 0.2) is 0 Å². The topological polar surface area (TPSA) is 33.1 Å². The molecule has 106 valence electrons. The number of benzene rings is 1. The van der Waals surface area contributed by atoms with Crippen LogP contribution in [0.25, 0.3) is 10.9 Å². The molecule has 1 N–H and O–H groups in total. The smallest absolute Gasteiger partial charge is 0.0709 e. The van der Waals surface area contributed by atoms with Crippen LogP contribution in [0.4, 0.5) is 0 Å². The molecule has 1 fully saturated rings. The van der Waals surface area contributed by atoms with Crippen LogP contribution in [0.3, 0.4) is 0 Å². The van der Waals surface area contributed by atoms with Crippen molar-refractivity contribution in [3.8, 4) is 0 Å². The summed E-state index contributed by atoms with van der Waals surface area (Å²) in [6, 6.07) is 10.2. The molecule has 1 aromatic carbocycles. The van der Waals surface area contributed by atoms with E-state index in [-0.39, 0.29) is 6.10 Å². The van der Waals surface area contributed by atoms with E-state index in [1.807, 2.05) is 54.0 Å². The Morgan fingerprint density at radius 3 is 2.90 bits per heavy atom. The van der Waals surface area contributed by atoms with Gasteiger partial charge < -0.3 is 5.11 Å². The normalized spacial score (nSPS) is 24.7. The molecule has 4 heteroatoms. The van der Waals surface area contributed by atoms with Crippen LogP contribution in [0, 0.1) is 0 Å². The van der Waals surface area contributed by atoms with E-state index >= 15 is 0 Å². The van der Waals surface area contributed by atoms with E-state index in [1.54, 1.807) is 0 Å². The number of hydrogen-bond donors (Lipinski definition) is 1. The first-order chi connectivity index (χ1) is 9.75. The first kappa shape index (κ1) is 14.2. The summed E-state index contributed by atoms with van der Waals surface area (Å²) in [7, 11) is 0. The molecule has 0 spiro atoms. The van der Waals surface area contributed by atoms with Gasteiger partial charge in [-0.3, -0.25) is 4.98 Å². The lowest BCUT2D eigenvalue weighted by Gasteiger charge is -2.31. The van der Waals surface area contributed by atoms with Gasteiger partial charge in [0.2, 0.25) is 0 Å². The van der Waals surface area contributed by atoms with Gasteiger partial charge in [-0.05, 0) is 17.7 Å². The van der Waals surface area contributed by atoms with Crippen LogP contribution in [0.5, 0.6) is 0 Å². The summed E-state index contributed by atoms with van der Waals surface area (Å²) in [6.45, 7) is 2.23. The second-order valence-electron chi connectivity index (χ2n) is 5.17. The number of hydrogen-bond acceptors (Lipinski definition) is 4. The third kappa shape index (κ3) is 2.97. The highest BCUT2D eigenvalue weighted by atomic mass is 32.2. The van der Waals surface area contributed by atoms with Gasteiger partial charge in [-0.15, -0.1) is 0 Å². The van der Waals surface area contributed by atoms with Gasteiger partial charge in [-0.2, -0.15) is 23.5 Å². The Kier molecular flexibility index (Phi) is 4.54. The second-order valence-corrected chi connectivity index (χ2v) is 7.94. The van der Waals surface area contributed by atoms with Crippen LogP contribution in [-0.4, -0.2) is 38.2 Å². The van der Waals surface area contributed by atoms with Crippen LogP contribution in [0.2, 0.25) is 0 Å². The van der Waals surface area contributed by atoms with Crippen molar-refractivity contribution in [2.24, 2.45) is 0 Å². The minimum absolute atomic E-state index is 0.284. The summed E-state index contributed by atoms with van der Waals surface area (Å²) in [4.78, 5) is 4.39. The van der Waals surface area contributed by atoms with E-state index in [0.29, 0.717) is 16.9 Å². The molecule has 3 rings (SSSR count). The molecular weight excluding hydrogens is 286 g/mol. The molecule has 3 atom stereocenters. The van der Waals surface area contributed by atoms with Crippen LogP contribution in [0.15, 0.2) is 36.5 Å². The third-order valence-corrected chi connectivity index (χ3v) is 7.02. The maximum Gasteiger partial charge on any atom is 0.0709 e. The fraction of sp³-hybridized carbons (Fsp3) is 0.438. The van der Waals surface area contributed by atoms with Gasteiger partial charge in [0.25, 0.3) is 0 Å². The van der Waals surface area contributed by atoms with Crippen molar-refractivity contribution in [1.29, 1.82) is 0 Å². The molecule has 1 aromatic heterocycles. The maximum absolute atomic E-state index is 10.6. The number of pyridine rings is 1. The molecule has 1 saturated heterocycles. The summed E-state index contributed by atoms with van der Waals surface area (Å²) in [6.07, 6.45) is 2.27. The Hall–Kier alpha value is -0.710. The highest BCUT2D eigenvalue weighted by molar-refractivity contribution is 8.07. The van der Waals surface area contributed by atoms with Gasteiger partial charge in [-0.25, -0.2) is 0 Å². The average Bonchev–Trinajstić information content (AvgIpc) is 2.48. The lowest BCUT2D eigenvalue weighted by Crippen LogP contribution is -2.36. The second kappa shape index (κ2) is 6.37. The first-order valence-electron chi connectivity index (χ1n) is 6.99. The molecule has 0 amide bonds. The molecule has 0 bridgehead atoms. The van der Waals surface area contributed by atoms with E-state index in [9.17, 15) is 5.11 Å². The van der Waals surface area contributed by atoms with Crippen LogP contribution in [0.1, 0.15) is 12.5 Å². The fourth-order valence-electron chi connectivity index (χ4n) is 2.75. The molecule has 2 aromatic rings. The Bertz CT molecular complexity index is 584. The van der Waals surface area contributed by atoms with Crippen molar-refractivity contribution in [3.05, 3.63) is 42.1 Å². The monoisotopic (exact) mass is 305 g/mol. The van der Waals surface area contributed by atoms with Crippen LogP contribution in [-0.2, 0) is 6.42 Å². The Morgan fingerprint density at radius 1 is 1.25 bits per heavy atom. The maximum atomic E-state index is 10.6. The number of aliphatic hydroxyl groups is 1. The Labute approximate surface area is 128 Å². The molecule has 0 aliphatic carbocycles. The molecule has 2 nitrogen and oxygen atoms in total. The van der Waals surface area contributed by atoms with Crippen LogP contribution >= 0.6 is 23.5 Å². The molecule has 1 aliphatic heterocycles. The predicted molar refractivity (Wildman–Crippen MR) is 89.6 cm³/mol. The molecule has 0 radical (unpaired) electrons. The van der Waals surface area contributed by atoms with Crippen molar-refractivity contribution in [1.82, 2.24) is 4.98 Å². The van der Waals surface area contributed by atoms with Crippen LogP contribution < -0.4 is 0 Å². The molecule has 0 saturated carbocycles. The Morgan fingerprint density at radius 2 is 2.05 bits per heavy atom. The van der Waals surface area contributed by atoms with E-state index in [4.69, 9.17) is 0 Å². The summed E-state index contributed by atoms with van der Waals surface area (Å²) >= 11 is 3.89. The van der Waals surface area contributed by atoms with Gasteiger partial charge in [0.05, 0.1) is 11.6 Å². The van der Waals surface area contributed by atoms with Crippen molar-refractivity contribution in [3.63, 3.8) is 0 Å². The molecule has 20 heavy (non-hydrogen) atoms. The average molecular weight is 305 g/mol. The van der Waals surface area contributed by atoms with E-state index < -0.39 is 0 Å². The Balaban J connectivity index is 1.82. The summed E-state index contributed by atoms with van der Waals surface area (Å²) in [5.41, 5.74) is 2.21. The predicted octanol–water partition coefficient (Wildman–Crippen LogP) is 3.38. The number of para-hydroxylation sites is 1. The standard InChI is InChI=1S/C16H19NOS2/c1-11-16(20-9-8-19-11)15(18)10-12-6-7-17-14-5-3-2-4-13(12)14/h2-7,11,15-16,18H,8-10H2,1H3. The lowest BCUT2D eigenvalue weighted by molar-refractivity contribution is 0.171. The number of thioether (sulfide) groups is 2. The van der Waals surface area contributed by atoms with Crippen molar-refractivity contribution in [2.75, 3.05) is 11.5 Å². The first-order valence-corrected chi connectivity index (χ1v) is 9.09. The summed E-state index contributed by atoms with van der Waals surface area (Å²) in [5, 5.41) is 12.6. The van der Waals surface area contributed by atoms with Gasteiger partial charge in [-0.1, -0.05) is 25.1 Å². The third-order valence-electron chi connectivity index (χ3n) is 3.78. The quantitative estimate of drug-likeness (QED) is 0.942. The van der Waals surface area contributed by atoms with Gasteiger partial charge in [0, 0.05) is 40.0 Å². The van der Waals surface area contributed by atoms with E-state index in [1.165, 1.54) is 11.3 Å². The summed E-state index contributed by atoms with van der Waals surface area (Å²) < 4.78 is 0. The minimum Gasteiger partial charge on any atom is -0.392 e. The molecular formula is C16H19NOS2. The number of aromatic nitrogens is 1. The highest BCUT2D eigenvalue weighted by Crippen LogP contribution is 2.34. The summed E-state index contributed by atoms with van der Waals surface area (Å²) in [5.74, 6) is 2.35. The SMILES string of the molecule is CC1SCCSC1C(O)Cc1ccnc2ccccc12. The zero-order valence-electron chi connectivity index (χ0n) is 11.5. The zero-order valence-corrected chi connectivity index (χ0v) is 13.2. The lowest BCUT2D eigenvalue weighted by atomic mass is 10.0. The molecule has 3 unspecified atom stereocenters. The van der Waals surface area contributed by atoms with E-state index in [0.717, 1.165) is 16.7 Å². The van der Waals surface area contributed by atoms with Crippen molar-refractivity contribution >= 4 is 34.4 Å². The van der Waals surface area contributed by atoms with Gasteiger partial charge in [0.1, 0.15) is 0 Å². The molecule has 2 heterocycles. The fourth-order valence-corrected chi connectivity index (χ4v) is 5.59. The van der Waals surface area contributed by atoms with Crippen molar-refractivity contribution < 1.29 is 5.11 Å². The number of aliphatic hydroxyl groups excluding tert-OH is 1.